The van der Waals surface area contributed by atoms with Crippen LogP contribution >= 0.6 is 11.3 Å². The predicted octanol–water partition coefficient (Wildman–Crippen LogP) is 1.09. The van der Waals surface area contributed by atoms with Crippen molar-refractivity contribution in [1.29, 1.82) is 0 Å². The first-order chi connectivity index (χ1) is 7.13. The van der Waals surface area contributed by atoms with Crippen molar-refractivity contribution in [3.63, 3.8) is 0 Å². The van der Waals surface area contributed by atoms with E-state index >= 15 is 0 Å². The molecule has 0 aromatic carbocycles. The third-order valence-electron chi connectivity index (χ3n) is 1.77. The molecule has 0 fully saturated rings. The average molecular weight is 228 g/mol. The van der Waals surface area contributed by atoms with Crippen LogP contribution in [0.1, 0.15) is 18.7 Å². The molecule has 1 aromatic rings. The van der Waals surface area contributed by atoms with Crippen LogP contribution < -0.4 is 10.6 Å². The number of rotatable bonds is 5. The van der Waals surface area contributed by atoms with E-state index in [4.69, 9.17) is 0 Å². The third-order valence-corrected chi connectivity index (χ3v) is 2.38. The number of nitrogens with one attached hydrogen (secondary N) is 2. The van der Waals surface area contributed by atoms with Crippen molar-refractivity contribution >= 4 is 11.3 Å². The maximum atomic E-state index is 10.3. The molecule has 2 N–H and O–H groups in total. The maximum Gasteiger partial charge on any atom is 0.274 e. The van der Waals surface area contributed by atoms with Gasteiger partial charge in [-0.3, -0.25) is 10.1 Å². The van der Waals surface area contributed by atoms with Crippen LogP contribution in [0.5, 0.6) is 0 Å². The van der Waals surface area contributed by atoms with Crippen LogP contribution in [0.25, 0.3) is 0 Å². The lowest BCUT2D eigenvalue weighted by Gasteiger charge is -2.13. The third kappa shape index (κ3) is 3.55. The van der Waals surface area contributed by atoms with Gasteiger partial charge in [0.15, 0.2) is 5.82 Å². The Morgan fingerprint density at radius 2 is 2.53 bits per heavy atom. The highest BCUT2D eigenvalue weighted by molar-refractivity contribution is 7.07. The van der Waals surface area contributed by atoms with E-state index in [1.54, 1.807) is 12.6 Å². The molecule has 7 heteroatoms. The van der Waals surface area contributed by atoms with Crippen LogP contribution in [-0.4, -0.2) is 17.0 Å². The zero-order valence-electron chi connectivity index (χ0n) is 8.43. The Morgan fingerprint density at radius 1 is 1.80 bits per heavy atom. The molecule has 0 aliphatic rings. The van der Waals surface area contributed by atoms with Gasteiger partial charge in [0.25, 0.3) is 6.20 Å². The Bertz CT molecular complexity index is 350. The highest BCUT2D eigenvalue weighted by Crippen LogP contribution is 2.12. The highest BCUT2D eigenvalue weighted by atomic mass is 32.1. The van der Waals surface area contributed by atoms with Gasteiger partial charge in [-0.15, -0.1) is 11.3 Å². The van der Waals surface area contributed by atoms with Gasteiger partial charge >= 0.3 is 0 Å². The molecular weight excluding hydrogens is 216 g/mol. The Hall–Kier alpha value is -1.63. The van der Waals surface area contributed by atoms with Crippen LogP contribution in [0.15, 0.2) is 22.9 Å². The van der Waals surface area contributed by atoms with E-state index in [1.165, 1.54) is 11.3 Å². The standard InChI is InChI=1S/C8H12N4O2S/c1-6(7-4-15-5-10-7)11-8(9-2)3-12(13)14/h3-6,9,11H,1-2H3/b8-3+. The summed E-state index contributed by atoms with van der Waals surface area (Å²) in [5, 5.41) is 17.8. The van der Waals surface area contributed by atoms with Crippen molar-refractivity contribution in [2.24, 2.45) is 0 Å². The van der Waals surface area contributed by atoms with Crippen molar-refractivity contribution in [3.05, 3.63) is 38.7 Å². The fourth-order valence-electron chi connectivity index (χ4n) is 1.02. The average Bonchev–Trinajstić information content (AvgIpc) is 2.68. The van der Waals surface area contributed by atoms with E-state index in [1.807, 2.05) is 12.3 Å². The number of aromatic nitrogens is 1. The van der Waals surface area contributed by atoms with Gasteiger partial charge in [0.05, 0.1) is 22.2 Å². The van der Waals surface area contributed by atoms with Crippen molar-refractivity contribution in [2.45, 2.75) is 13.0 Å². The fraction of sp³-hybridized carbons (Fsp3) is 0.375. The van der Waals surface area contributed by atoms with Gasteiger partial charge in [-0.05, 0) is 6.92 Å². The molecule has 1 aromatic heterocycles. The van der Waals surface area contributed by atoms with Crippen molar-refractivity contribution in [1.82, 2.24) is 15.6 Å². The maximum absolute atomic E-state index is 10.3. The Balaban J connectivity index is 2.64. The smallest absolute Gasteiger partial charge is 0.274 e. The molecule has 0 bridgehead atoms. The number of nitro groups is 1. The second-order valence-electron chi connectivity index (χ2n) is 2.86. The van der Waals surface area contributed by atoms with Crippen molar-refractivity contribution in [3.8, 4) is 0 Å². The van der Waals surface area contributed by atoms with Crippen LogP contribution in [-0.2, 0) is 0 Å². The van der Waals surface area contributed by atoms with Gasteiger partial charge in [0.2, 0.25) is 0 Å². The molecule has 1 rings (SSSR count). The molecule has 0 aliphatic carbocycles. The molecule has 0 spiro atoms. The molecule has 1 atom stereocenters. The summed E-state index contributed by atoms with van der Waals surface area (Å²) < 4.78 is 0. The Morgan fingerprint density at radius 3 is 3.00 bits per heavy atom. The summed E-state index contributed by atoms with van der Waals surface area (Å²) >= 11 is 1.49. The Kier molecular flexibility index (Phi) is 4.04. The van der Waals surface area contributed by atoms with E-state index in [-0.39, 0.29) is 6.04 Å². The molecule has 0 aliphatic heterocycles. The molecule has 1 unspecified atom stereocenters. The monoisotopic (exact) mass is 228 g/mol. The summed E-state index contributed by atoms with van der Waals surface area (Å²) in [6.45, 7) is 1.89. The topological polar surface area (TPSA) is 80.1 Å². The van der Waals surface area contributed by atoms with E-state index in [0.29, 0.717) is 5.82 Å². The molecule has 0 amide bonds. The van der Waals surface area contributed by atoms with Crippen molar-refractivity contribution < 1.29 is 4.92 Å². The first-order valence-corrected chi connectivity index (χ1v) is 5.25. The molecule has 15 heavy (non-hydrogen) atoms. The van der Waals surface area contributed by atoms with Gasteiger partial charge in [-0.1, -0.05) is 0 Å². The van der Waals surface area contributed by atoms with Gasteiger partial charge in [-0.2, -0.15) is 0 Å². The predicted molar refractivity (Wildman–Crippen MR) is 57.8 cm³/mol. The molecular formula is C8H12N4O2S. The van der Waals surface area contributed by atoms with E-state index in [0.717, 1.165) is 11.9 Å². The molecule has 0 radical (unpaired) electrons. The number of hydrogen-bond acceptors (Lipinski definition) is 6. The Labute approximate surface area is 91.2 Å². The van der Waals surface area contributed by atoms with E-state index < -0.39 is 4.92 Å². The summed E-state index contributed by atoms with van der Waals surface area (Å²) in [6, 6.07) is -0.0603. The van der Waals surface area contributed by atoms with Crippen LogP contribution in [0, 0.1) is 10.1 Å². The minimum Gasteiger partial charge on any atom is -0.370 e. The van der Waals surface area contributed by atoms with Gasteiger partial charge < -0.3 is 10.6 Å². The number of hydrogen-bond donors (Lipinski definition) is 2. The molecule has 6 nitrogen and oxygen atoms in total. The SMILES string of the molecule is CN/C(=C\[N+](=O)[O-])NC(C)c1cscn1. The quantitative estimate of drug-likeness (QED) is 0.582. The van der Waals surface area contributed by atoms with Gasteiger partial charge in [0.1, 0.15) is 0 Å². The second-order valence-corrected chi connectivity index (χ2v) is 3.58. The first-order valence-electron chi connectivity index (χ1n) is 4.31. The van der Waals surface area contributed by atoms with Crippen LogP contribution in [0.2, 0.25) is 0 Å². The molecule has 1 heterocycles. The lowest BCUT2D eigenvalue weighted by atomic mass is 10.2. The zero-order valence-corrected chi connectivity index (χ0v) is 9.25. The van der Waals surface area contributed by atoms with Gasteiger partial charge in [-0.25, -0.2) is 4.98 Å². The lowest BCUT2D eigenvalue weighted by Crippen LogP contribution is -2.27. The number of thiazole rings is 1. The summed E-state index contributed by atoms with van der Waals surface area (Å²) in [5.41, 5.74) is 2.59. The largest absolute Gasteiger partial charge is 0.370 e. The zero-order chi connectivity index (χ0) is 11.3. The van der Waals surface area contributed by atoms with Crippen LogP contribution in [0.3, 0.4) is 0 Å². The van der Waals surface area contributed by atoms with Crippen LogP contribution in [0.4, 0.5) is 0 Å². The highest BCUT2D eigenvalue weighted by Gasteiger charge is 2.09. The first kappa shape index (κ1) is 11.4. The summed E-state index contributed by atoms with van der Waals surface area (Å²) in [4.78, 5) is 13.9. The minimum absolute atomic E-state index is 0.0603. The second kappa shape index (κ2) is 5.30. The normalized spacial score (nSPS) is 13.3. The lowest BCUT2D eigenvalue weighted by molar-refractivity contribution is -0.404. The summed E-state index contributed by atoms with van der Waals surface area (Å²) in [6.07, 6.45) is 0.892. The van der Waals surface area contributed by atoms with Gasteiger partial charge in [0, 0.05) is 12.4 Å². The summed E-state index contributed by atoms with van der Waals surface area (Å²) in [7, 11) is 1.62. The fourth-order valence-corrected chi connectivity index (χ4v) is 1.67. The van der Waals surface area contributed by atoms with E-state index in [9.17, 15) is 10.1 Å². The minimum atomic E-state index is -0.507. The molecule has 82 valence electrons. The number of nitrogens with zero attached hydrogens (tertiary/aromatic N) is 2. The van der Waals surface area contributed by atoms with E-state index in [2.05, 4.69) is 15.6 Å². The molecule has 0 saturated heterocycles. The summed E-state index contributed by atoms with van der Waals surface area (Å²) in [5.74, 6) is 0.362. The molecule has 0 saturated carbocycles. The van der Waals surface area contributed by atoms with Crippen molar-refractivity contribution in [2.75, 3.05) is 7.05 Å².